The van der Waals surface area contributed by atoms with Crippen molar-refractivity contribution in [2.75, 3.05) is 5.32 Å². The highest BCUT2D eigenvalue weighted by atomic mass is 127. The molecule has 2 nitrogen and oxygen atoms in total. The summed E-state index contributed by atoms with van der Waals surface area (Å²) < 4.78 is 15.6. The predicted octanol–water partition coefficient (Wildman–Crippen LogP) is 5.05. The van der Waals surface area contributed by atoms with Crippen molar-refractivity contribution in [3.8, 4) is 0 Å². The van der Waals surface area contributed by atoms with E-state index in [-0.39, 0.29) is 11.7 Å². The number of benzene rings is 2. The molecule has 0 fully saturated rings. The Kier molecular flexibility index (Phi) is 5.18. The van der Waals surface area contributed by atoms with Crippen LogP contribution in [-0.2, 0) is 0 Å². The summed E-state index contributed by atoms with van der Waals surface area (Å²) in [5.41, 5.74) is 1.15. The predicted molar refractivity (Wildman–Crippen MR) is 93.9 cm³/mol. The fourth-order valence-electron chi connectivity index (χ4n) is 1.45. The number of carbonyl (C=O) groups is 1. The number of amides is 1. The van der Waals surface area contributed by atoms with E-state index in [2.05, 4.69) is 43.8 Å². The molecule has 1 N–H and O–H groups in total. The second-order valence-corrected chi connectivity index (χ2v) is 6.89. The van der Waals surface area contributed by atoms with E-state index in [4.69, 9.17) is 0 Å². The molecule has 2 aromatic rings. The average Bonchev–Trinajstić information content (AvgIpc) is 2.33. The van der Waals surface area contributed by atoms with Gasteiger partial charge in [-0.15, -0.1) is 0 Å². The van der Waals surface area contributed by atoms with E-state index >= 15 is 0 Å². The third-order valence-electron chi connectivity index (χ3n) is 2.35. The van der Waals surface area contributed by atoms with Gasteiger partial charge in [0.15, 0.2) is 0 Å². The molecule has 1 amide bonds. The van der Waals surface area contributed by atoms with Gasteiger partial charge in [-0.2, -0.15) is 0 Å². The molecule has 2 aromatic carbocycles. The minimum absolute atomic E-state index is 0.252. The molecule has 0 spiro atoms. The molecule has 0 heterocycles. The van der Waals surface area contributed by atoms with Crippen LogP contribution in [0.1, 0.15) is 10.4 Å². The normalized spacial score (nSPS) is 10.3. The summed E-state index contributed by atoms with van der Waals surface area (Å²) in [6.45, 7) is 0. The molecule has 2 rings (SSSR count). The Morgan fingerprint density at radius 1 is 1.11 bits per heavy atom. The van der Waals surface area contributed by atoms with E-state index in [9.17, 15) is 9.18 Å². The Labute approximate surface area is 145 Å². The average molecular weight is 546 g/mol. The second kappa shape index (κ2) is 6.49. The fraction of sp³-hybridized carbons (Fsp3) is 0. The van der Waals surface area contributed by atoms with E-state index in [1.54, 1.807) is 0 Å². The summed E-state index contributed by atoms with van der Waals surface area (Å²) in [4.78, 5) is 12.1. The first kappa shape index (κ1) is 15.2. The Balaban J connectivity index is 2.23. The van der Waals surface area contributed by atoms with Crippen molar-refractivity contribution in [2.24, 2.45) is 0 Å². The van der Waals surface area contributed by atoms with Gasteiger partial charge in [0, 0.05) is 17.3 Å². The molecular formula is C13H7BrFI2NO. The maximum atomic E-state index is 13.0. The third-order valence-corrected chi connectivity index (χ3v) is 5.58. The third kappa shape index (κ3) is 3.88. The summed E-state index contributed by atoms with van der Waals surface area (Å²) in [5, 5.41) is 2.79. The number of anilines is 1. The van der Waals surface area contributed by atoms with Crippen LogP contribution in [0.3, 0.4) is 0 Å². The Morgan fingerprint density at radius 2 is 1.84 bits per heavy atom. The maximum absolute atomic E-state index is 13.0. The Bertz CT molecular complexity index is 649. The van der Waals surface area contributed by atoms with E-state index in [0.29, 0.717) is 14.8 Å². The van der Waals surface area contributed by atoms with Crippen LogP contribution in [0, 0.1) is 13.0 Å². The van der Waals surface area contributed by atoms with Gasteiger partial charge in [-0.3, -0.25) is 4.79 Å². The highest BCUT2D eigenvalue weighted by molar-refractivity contribution is 14.1. The molecule has 19 heavy (non-hydrogen) atoms. The van der Waals surface area contributed by atoms with E-state index in [0.717, 1.165) is 8.04 Å². The van der Waals surface area contributed by atoms with Crippen LogP contribution in [-0.4, -0.2) is 5.91 Å². The zero-order valence-electron chi connectivity index (χ0n) is 9.38. The SMILES string of the molecule is O=C(Nc1ccc(I)c(Br)c1)c1ccc(F)cc1I. The lowest BCUT2D eigenvalue weighted by atomic mass is 10.2. The molecule has 6 heteroatoms. The van der Waals surface area contributed by atoms with Crippen molar-refractivity contribution in [3.05, 3.63) is 59.4 Å². The second-order valence-electron chi connectivity index (χ2n) is 3.71. The van der Waals surface area contributed by atoms with Crippen molar-refractivity contribution in [3.63, 3.8) is 0 Å². The monoisotopic (exact) mass is 545 g/mol. The molecule has 0 bridgehead atoms. The first-order valence-electron chi connectivity index (χ1n) is 5.19. The van der Waals surface area contributed by atoms with Gasteiger partial charge in [-0.05, 0) is 97.5 Å². The molecule has 0 unspecified atom stereocenters. The molecule has 0 aliphatic heterocycles. The largest absolute Gasteiger partial charge is 0.322 e. The number of halogens is 4. The van der Waals surface area contributed by atoms with Crippen molar-refractivity contribution in [1.82, 2.24) is 0 Å². The number of hydrogen-bond donors (Lipinski definition) is 1. The van der Waals surface area contributed by atoms with Gasteiger partial charge in [0.05, 0.1) is 5.56 Å². The summed E-state index contributed by atoms with van der Waals surface area (Å²) >= 11 is 7.54. The number of carbonyl (C=O) groups excluding carboxylic acids is 1. The fourth-order valence-corrected chi connectivity index (χ4v) is 2.88. The summed E-state index contributed by atoms with van der Waals surface area (Å²) in [7, 11) is 0. The van der Waals surface area contributed by atoms with Crippen LogP contribution >= 0.6 is 61.1 Å². The van der Waals surface area contributed by atoms with E-state index in [1.807, 2.05) is 40.8 Å². The Morgan fingerprint density at radius 3 is 2.47 bits per heavy atom. The standard InChI is InChI=1S/C13H7BrFI2NO/c14-10-6-8(2-4-11(10)16)18-13(19)9-3-1-7(15)5-12(9)17/h1-6H,(H,18,19). The highest BCUT2D eigenvalue weighted by Crippen LogP contribution is 2.23. The van der Waals surface area contributed by atoms with Gasteiger partial charge in [0.1, 0.15) is 5.82 Å². The molecule has 0 saturated heterocycles. The number of rotatable bonds is 2. The molecule has 98 valence electrons. The van der Waals surface area contributed by atoms with Crippen LogP contribution in [0.5, 0.6) is 0 Å². The first-order valence-corrected chi connectivity index (χ1v) is 8.14. The van der Waals surface area contributed by atoms with Crippen LogP contribution < -0.4 is 5.32 Å². The maximum Gasteiger partial charge on any atom is 0.256 e. The molecule has 0 aromatic heterocycles. The van der Waals surface area contributed by atoms with E-state index < -0.39 is 0 Å². The van der Waals surface area contributed by atoms with Crippen molar-refractivity contribution in [1.29, 1.82) is 0 Å². The molecule has 0 aliphatic carbocycles. The number of hydrogen-bond acceptors (Lipinski definition) is 1. The molecule has 0 saturated carbocycles. The lowest BCUT2D eigenvalue weighted by Gasteiger charge is -2.08. The summed E-state index contributed by atoms with van der Waals surface area (Å²) in [5.74, 6) is -0.601. The van der Waals surface area contributed by atoms with Crippen molar-refractivity contribution >= 4 is 72.7 Å². The molecule has 0 atom stereocenters. The zero-order chi connectivity index (χ0) is 14.0. The topological polar surface area (TPSA) is 29.1 Å². The van der Waals surface area contributed by atoms with Gasteiger partial charge >= 0.3 is 0 Å². The molecule has 0 radical (unpaired) electrons. The van der Waals surface area contributed by atoms with Gasteiger partial charge in [-0.1, -0.05) is 0 Å². The lowest BCUT2D eigenvalue weighted by Crippen LogP contribution is -2.13. The van der Waals surface area contributed by atoms with Gasteiger partial charge in [-0.25, -0.2) is 4.39 Å². The lowest BCUT2D eigenvalue weighted by molar-refractivity contribution is 0.102. The molecule has 0 aliphatic rings. The zero-order valence-corrected chi connectivity index (χ0v) is 15.3. The van der Waals surface area contributed by atoms with Gasteiger partial charge < -0.3 is 5.32 Å². The van der Waals surface area contributed by atoms with Crippen molar-refractivity contribution < 1.29 is 9.18 Å². The van der Waals surface area contributed by atoms with Crippen molar-refractivity contribution in [2.45, 2.75) is 0 Å². The van der Waals surface area contributed by atoms with E-state index in [1.165, 1.54) is 18.2 Å². The minimum atomic E-state index is -0.349. The van der Waals surface area contributed by atoms with Crippen LogP contribution in [0.2, 0.25) is 0 Å². The smallest absolute Gasteiger partial charge is 0.256 e. The highest BCUT2D eigenvalue weighted by Gasteiger charge is 2.11. The quantitative estimate of drug-likeness (QED) is 0.526. The van der Waals surface area contributed by atoms with Gasteiger partial charge in [0.25, 0.3) is 5.91 Å². The first-order chi connectivity index (χ1) is 8.97. The molecular weight excluding hydrogens is 539 g/mol. The number of nitrogens with one attached hydrogen (secondary N) is 1. The minimum Gasteiger partial charge on any atom is -0.322 e. The van der Waals surface area contributed by atoms with Crippen LogP contribution in [0.4, 0.5) is 10.1 Å². The van der Waals surface area contributed by atoms with Gasteiger partial charge in [0.2, 0.25) is 0 Å². The summed E-state index contributed by atoms with van der Waals surface area (Å²) in [6, 6.07) is 9.64. The summed E-state index contributed by atoms with van der Waals surface area (Å²) in [6.07, 6.45) is 0. The van der Waals surface area contributed by atoms with Crippen LogP contribution in [0.15, 0.2) is 40.9 Å². The van der Waals surface area contributed by atoms with Crippen LogP contribution in [0.25, 0.3) is 0 Å². The Hall–Kier alpha value is -0.220.